The van der Waals surface area contributed by atoms with E-state index < -0.39 is 23.9 Å². The minimum absolute atomic E-state index is 0.00415. The van der Waals surface area contributed by atoms with E-state index >= 15 is 0 Å². The summed E-state index contributed by atoms with van der Waals surface area (Å²) in [5, 5.41) is 5.48. The van der Waals surface area contributed by atoms with Crippen LogP contribution >= 0.6 is 11.6 Å². The first-order chi connectivity index (χ1) is 11.0. The molecule has 0 aromatic heterocycles. The van der Waals surface area contributed by atoms with Crippen LogP contribution in [-0.4, -0.2) is 24.7 Å². The summed E-state index contributed by atoms with van der Waals surface area (Å²) in [6.07, 6.45) is 1.81. The third-order valence-corrected chi connectivity index (χ3v) is 3.94. The molecule has 6 heteroatoms. The van der Waals surface area contributed by atoms with Gasteiger partial charge in [0.2, 0.25) is 5.91 Å². The fourth-order valence-electron chi connectivity index (χ4n) is 2.39. The summed E-state index contributed by atoms with van der Waals surface area (Å²) in [5.74, 6) is -1.11. The highest BCUT2D eigenvalue weighted by molar-refractivity contribution is 6.34. The van der Waals surface area contributed by atoms with E-state index in [1.807, 2.05) is 0 Å². The zero-order valence-electron chi connectivity index (χ0n) is 12.4. The smallest absolute Gasteiger partial charge is 0.241 e. The Hall–Kier alpha value is -1.98. The first-order valence-electron chi connectivity index (χ1n) is 7.09. The van der Waals surface area contributed by atoms with Crippen LogP contribution in [0.25, 0.3) is 5.57 Å². The van der Waals surface area contributed by atoms with Crippen LogP contribution in [0, 0.1) is 5.82 Å². The van der Waals surface area contributed by atoms with Gasteiger partial charge in [-0.15, -0.1) is 0 Å². The van der Waals surface area contributed by atoms with Gasteiger partial charge in [0.05, 0.1) is 11.7 Å². The molecule has 1 amide bonds. The molecule has 3 nitrogen and oxygen atoms in total. The predicted octanol–water partition coefficient (Wildman–Crippen LogP) is 3.79. The monoisotopic (exact) mass is 338 g/mol. The highest BCUT2D eigenvalue weighted by Crippen LogP contribution is 2.29. The topological polar surface area (TPSA) is 41.1 Å². The number of carbonyl (C=O) groups excluding carboxylic acids is 1. The van der Waals surface area contributed by atoms with Crippen LogP contribution in [0.4, 0.5) is 14.5 Å². The van der Waals surface area contributed by atoms with Crippen LogP contribution in [0.15, 0.2) is 48.5 Å². The fourth-order valence-corrected chi connectivity index (χ4v) is 2.57. The Morgan fingerprint density at radius 3 is 2.70 bits per heavy atom. The largest absolute Gasteiger partial charge is 0.322 e. The average Bonchev–Trinajstić information content (AvgIpc) is 2.97. The molecule has 1 aromatic rings. The van der Waals surface area contributed by atoms with Crippen molar-refractivity contribution >= 4 is 28.8 Å². The lowest BCUT2D eigenvalue weighted by Gasteiger charge is -2.14. The zero-order chi connectivity index (χ0) is 17.0. The minimum Gasteiger partial charge on any atom is -0.322 e. The maximum atomic E-state index is 14.6. The fraction of sp³-hybridized carbons (Fsp3) is 0.235. The first kappa shape index (κ1) is 17.4. The van der Waals surface area contributed by atoms with E-state index in [1.165, 1.54) is 24.3 Å². The van der Waals surface area contributed by atoms with E-state index in [9.17, 15) is 13.6 Å². The molecule has 0 radical (unpaired) electrons. The molecule has 0 aliphatic carbocycles. The Morgan fingerprint density at radius 1 is 1.39 bits per heavy atom. The number of anilines is 1. The summed E-state index contributed by atoms with van der Waals surface area (Å²) >= 11 is 6.00. The Bertz CT molecular complexity index is 673. The van der Waals surface area contributed by atoms with E-state index in [0.29, 0.717) is 5.57 Å². The summed E-state index contributed by atoms with van der Waals surface area (Å²) in [7, 11) is 0. The van der Waals surface area contributed by atoms with Crippen molar-refractivity contribution in [2.24, 2.45) is 0 Å². The van der Waals surface area contributed by atoms with Crippen LogP contribution in [0.1, 0.15) is 12.0 Å². The molecule has 122 valence electrons. The van der Waals surface area contributed by atoms with Gasteiger partial charge in [0.25, 0.3) is 0 Å². The quantitative estimate of drug-likeness (QED) is 0.802. The molecule has 23 heavy (non-hydrogen) atoms. The molecule has 0 unspecified atom stereocenters. The van der Waals surface area contributed by atoms with Crippen LogP contribution in [-0.2, 0) is 4.79 Å². The van der Waals surface area contributed by atoms with Gasteiger partial charge in [0.15, 0.2) is 5.82 Å². The zero-order valence-corrected chi connectivity index (χ0v) is 13.2. The molecule has 2 atom stereocenters. The SMILES string of the molecule is C=C/C(Cl)=C(\C=C)c1cccc(NC(=O)[C@@H]2C[C@@H](F)CN2)c1F. The summed E-state index contributed by atoms with van der Waals surface area (Å²) in [6, 6.07) is 3.88. The van der Waals surface area contributed by atoms with Gasteiger partial charge in [-0.3, -0.25) is 4.79 Å². The molecule has 2 N–H and O–H groups in total. The van der Waals surface area contributed by atoms with E-state index in [1.54, 1.807) is 6.07 Å². The van der Waals surface area contributed by atoms with Crippen molar-refractivity contribution in [3.63, 3.8) is 0 Å². The van der Waals surface area contributed by atoms with Crippen LogP contribution in [0.2, 0.25) is 0 Å². The normalized spacial score (nSPS) is 21.5. The summed E-state index contributed by atoms with van der Waals surface area (Å²) in [4.78, 5) is 12.1. The van der Waals surface area contributed by atoms with Gasteiger partial charge < -0.3 is 10.6 Å². The van der Waals surface area contributed by atoms with Gasteiger partial charge in [-0.2, -0.15) is 0 Å². The molecular formula is C17H17ClF2N2O. The first-order valence-corrected chi connectivity index (χ1v) is 7.47. The Labute approximate surface area is 138 Å². The molecule has 0 saturated carbocycles. The van der Waals surface area contributed by atoms with Gasteiger partial charge in [-0.05, 0) is 6.07 Å². The average molecular weight is 339 g/mol. The summed E-state index contributed by atoms with van der Waals surface area (Å²) in [5.41, 5.74) is 0.577. The Kier molecular flexibility index (Phi) is 5.69. The second-order valence-corrected chi connectivity index (χ2v) is 5.53. The van der Waals surface area contributed by atoms with E-state index in [-0.39, 0.29) is 29.2 Å². The molecule has 1 aromatic carbocycles. The number of alkyl halides is 1. The van der Waals surface area contributed by atoms with Crippen LogP contribution < -0.4 is 10.6 Å². The van der Waals surface area contributed by atoms with Gasteiger partial charge in [-0.25, -0.2) is 8.78 Å². The maximum Gasteiger partial charge on any atom is 0.241 e. The lowest BCUT2D eigenvalue weighted by atomic mass is 10.0. The summed E-state index contributed by atoms with van der Waals surface area (Å²) in [6.45, 7) is 7.28. The summed E-state index contributed by atoms with van der Waals surface area (Å²) < 4.78 is 27.8. The van der Waals surface area contributed by atoms with Gasteiger partial charge in [0.1, 0.15) is 6.17 Å². The number of nitrogens with one attached hydrogen (secondary N) is 2. The Balaban J connectivity index is 2.28. The third kappa shape index (κ3) is 3.86. The van der Waals surface area contributed by atoms with E-state index in [4.69, 9.17) is 11.6 Å². The number of allylic oxidation sites excluding steroid dienone is 4. The second-order valence-electron chi connectivity index (χ2n) is 5.12. The van der Waals surface area contributed by atoms with Gasteiger partial charge >= 0.3 is 0 Å². The molecule has 1 aliphatic heterocycles. The number of halogens is 3. The predicted molar refractivity (Wildman–Crippen MR) is 89.5 cm³/mol. The Morgan fingerprint density at radius 2 is 2.13 bits per heavy atom. The molecule has 0 bridgehead atoms. The number of rotatable bonds is 5. The van der Waals surface area contributed by atoms with Crippen molar-refractivity contribution in [2.45, 2.75) is 18.6 Å². The molecule has 1 aliphatic rings. The molecule has 1 fully saturated rings. The van der Waals surface area contributed by atoms with Gasteiger partial charge in [0, 0.05) is 29.1 Å². The van der Waals surface area contributed by atoms with Crippen molar-refractivity contribution in [3.05, 3.63) is 59.9 Å². The molecule has 1 saturated heterocycles. The van der Waals surface area contributed by atoms with Crippen LogP contribution in [0.5, 0.6) is 0 Å². The number of benzene rings is 1. The van der Waals surface area contributed by atoms with Crippen molar-refractivity contribution in [2.75, 3.05) is 11.9 Å². The lowest BCUT2D eigenvalue weighted by Crippen LogP contribution is -2.35. The molecule has 1 heterocycles. The number of carbonyl (C=O) groups is 1. The van der Waals surface area contributed by atoms with Crippen molar-refractivity contribution in [3.8, 4) is 0 Å². The molecule has 2 rings (SSSR count). The van der Waals surface area contributed by atoms with Crippen LogP contribution in [0.3, 0.4) is 0 Å². The molecule has 0 spiro atoms. The van der Waals surface area contributed by atoms with E-state index in [0.717, 1.165) is 0 Å². The standard InChI is InChI=1S/C17H17ClF2N2O/c1-3-11(13(18)4-2)12-6-5-7-14(16(12)20)22-17(23)15-8-10(19)9-21-15/h3-7,10,15,21H,1-2,8-9H2,(H,22,23)/b13-11-/t10-,15+/m1/s1. The lowest BCUT2D eigenvalue weighted by molar-refractivity contribution is -0.117. The number of hydrogen-bond acceptors (Lipinski definition) is 2. The van der Waals surface area contributed by atoms with E-state index in [2.05, 4.69) is 23.8 Å². The van der Waals surface area contributed by atoms with Crippen molar-refractivity contribution in [1.29, 1.82) is 0 Å². The highest BCUT2D eigenvalue weighted by atomic mass is 35.5. The van der Waals surface area contributed by atoms with Crippen molar-refractivity contribution < 1.29 is 13.6 Å². The molecular weight excluding hydrogens is 322 g/mol. The number of hydrogen-bond donors (Lipinski definition) is 2. The number of amides is 1. The van der Waals surface area contributed by atoms with Gasteiger partial charge in [-0.1, -0.05) is 49.0 Å². The maximum absolute atomic E-state index is 14.6. The highest BCUT2D eigenvalue weighted by Gasteiger charge is 2.29. The minimum atomic E-state index is -1.07. The van der Waals surface area contributed by atoms with Crippen molar-refractivity contribution in [1.82, 2.24) is 5.32 Å². The second kappa shape index (κ2) is 7.53. The third-order valence-electron chi connectivity index (χ3n) is 3.58.